The van der Waals surface area contributed by atoms with Crippen molar-refractivity contribution >= 4 is 27.9 Å². The van der Waals surface area contributed by atoms with Gasteiger partial charge >= 0.3 is 5.82 Å². The van der Waals surface area contributed by atoms with Crippen LogP contribution in [0.15, 0.2) is 17.9 Å². The van der Waals surface area contributed by atoms with Crippen LogP contribution < -0.4 is 5.32 Å². The topological polar surface area (TPSA) is 114 Å². The molecule has 3 heterocycles. The maximum Gasteiger partial charge on any atom is 0.372 e. The molecular weight excluding hydrogens is 270 g/mol. The summed E-state index contributed by atoms with van der Waals surface area (Å²) in [5.74, 6) is 0.946. The zero-order valence-corrected chi connectivity index (χ0v) is 10.4. The van der Waals surface area contributed by atoms with Crippen LogP contribution in [0.4, 0.5) is 11.6 Å². The number of imidazole rings is 1. The summed E-state index contributed by atoms with van der Waals surface area (Å²) in [5, 5.41) is 22.2. The first-order valence-electron chi connectivity index (χ1n) is 5.44. The molecular formula is C9H9N7O2S. The quantitative estimate of drug-likeness (QED) is 0.533. The Balaban J connectivity index is 1.78. The van der Waals surface area contributed by atoms with Crippen LogP contribution in [0.1, 0.15) is 5.82 Å². The van der Waals surface area contributed by atoms with Crippen molar-refractivity contribution in [3.8, 4) is 0 Å². The standard InChI is InChI=1S/C9H9N7O2S/c17-16(18)8-7(13-9-15(8)3-4-19-9)10-2-1-6-11-5-12-14-6/h3-5,10H,1-2H2,(H,11,12,14). The van der Waals surface area contributed by atoms with E-state index >= 15 is 0 Å². The van der Waals surface area contributed by atoms with E-state index in [1.807, 2.05) is 0 Å². The van der Waals surface area contributed by atoms with E-state index in [0.717, 1.165) is 5.82 Å². The van der Waals surface area contributed by atoms with Crippen LogP contribution in [0, 0.1) is 10.1 Å². The summed E-state index contributed by atoms with van der Waals surface area (Å²) in [6, 6.07) is 0. The van der Waals surface area contributed by atoms with E-state index < -0.39 is 4.92 Å². The highest BCUT2D eigenvalue weighted by molar-refractivity contribution is 7.15. The summed E-state index contributed by atoms with van der Waals surface area (Å²) >= 11 is 1.35. The minimum absolute atomic E-state index is 0.0474. The molecule has 0 aliphatic heterocycles. The molecule has 0 fully saturated rings. The van der Waals surface area contributed by atoms with Crippen LogP contribution in [0.3, 0.4) is 0 Å². The van der Waals surface area contributed by atoms with Gasteiger partial charge in [-0.3, -0.25) is 5.10 Å². The van der Waals surface area contributed by atoms with Gasteiger partial charge in [0, 0.05) is 18.3 Å². The fourth-order valence-corrected chi connectivity index (χ4v) is 2.43. The molecule has 0 spiro atoms. The lowest BCUT2D eigenvalue weighted by molar-refractivity contribution is -0.389. The monoisotopic (exact) mass is 279 g/mol. The van der Waals surface area contributed by atoms with E-state index in [1.54, 1.807) is 11.6 Å². The Morgan fingerprint density at radius 2 is 2.47 bits per heavy atom. The summed E-state index contributed by atoms with van der Waals surface area (Å²) in [7, 11) is 0. The van der Waals surface area contributed by atoms with Gasteiger partial charge in [-0.05, 0) is 4.92 Å². The third-order valence-electron chi connectivity index (χ3n) is 2.53. The molecule has 0 atom stereocenters. The lowest BCUT2D eigenvalue weighted by Gasteiger charge is -2.01. The van der Waals surface area contributed by atoms with E-state index in [1.165, 1.54) is 22.1 Å². The molecule has 3 aromatic rings. The molecule has 0 aromatic carbocycles. The van der Waals surface area contributed by atoms with E-state index in [0.29, 0.717) is 17.9 Å². The first kappa shape index (κ1) is 11.6. The van der Waals surface area contributed by atoms with Crippen LogP contribution in [0.2, 0.25) is 0 Å². The maximum absolute atomic E-state index is 11.1. The molecule has 0 aliphatic rings. The van der Waals surface area contributed by atoms with Gasteiger partial charge < -0.3 is 15.4 Å². The van der Waals surface area contributed by atoms with Crippen LogP contribution in [0.5, 0.6) is 0 Å². The number of rotatable bonds is 5. The summed E-state index contributed by atoms with van der Waals surface area (Å²) in [6.07, 6.45) is 3.64. The molecule has 10 heteroatoms. The largest absolute Gasteiger partial charge is 0.372 e. The Bertz CT molecular complexity index is 701. The minimum Gasteiger partial charge on any atom is -0.362 e. The Kier molecular flexibility index (Phi) is 2.83. The second-order valence-electron chi connectivity index (χ2n) is 3.71. The molecule has 0 bridgehead atoms. The average molecular weight is 279 g/mol. The van der Waals surface area contributed by atoms with Gasteiger partial charge in [0.15, 0.2) is 0 Å². The number of nitro groups is 1. The average Bonchev–Trinajstić information content (AvgIpc) is 3.02. The van der Waals surface area contributed by atoms with Crippen molar-refractivity contribution in [3.63, 3.8) is 0 Å². The van der Waals surface area contributed by atoms with Crippen LogP contribution >= 0.6 is 11.3 Å². The Hall–Kier alpha value is -2.49. The number of fused-ring (bicyclic) bond motifs is 1. The number of anilines is 1. The number of nitrogens with one attached hydrogen (secondary N) is 2. The van der Waals surface area contributed by atoms with Gasteiger partial charge in [-0.15, -0.1) is 0 Å². The molecule has 9 nitrogen and oxygen atoms in total. The van der Waals surface area contributed by atoms with Crippen molar-refractivity contribution < 1.29 is 4.92 Å². The van der Waals surface area contributed by atoms with E-state index in [4.69, 9.17) is 0 Å². The molecule has 3 aromatic heterocycles. The predicted molar refractivity (Wildman–Crippen MR) is 68.3 cm³/mol. The van der Waals surface area contributed by atoms with E-state index in [-0.39, 0.29) is 11.6 Å². The molecule has 0 aliphatic carbocycles. The second-order valence-corrected chi connectivity index (χ2v) is 4.58. The van der Waals surface area contributed by atoms with E-state index in [2.05, 4.69) is 25.5 Å². The van der Waals surface area contributed by atoms with Crippen molar-refractivity contribution in [1.29, 1.82) is 0 Å². The van der Waals surface area contributed by atoms with Gasteiger partial charge in [-0.1, -0.05) is 11.3 Å². The molecule has 19 heavy (non-hydrogen) atoms. The highest BCUT2D eigenvalue weighted by Gasteiger charge is 2.23. The molecule has 0 unspecified atom stereocenters. The van der Waals surface area contributed by atoms with Crippen molar-refractivity contribution in [2.24, 2.45) is 0 Å². The van der Waals surface area contributed by atoms with Crippen molar-refractivity contribution in [3.05, 3.63) is 33.8 Å². The molecule has 0 radical (unpaired) electrons. The number of aromatic amines is 1. The fraction of sp³-hybridized carbons (Fsp3) is 0.222. The number of thiazole rings is 1. The minimum atomic E-state index is -0.441. The fourth-order valence-electron chi connectivity index (χ4n) is 1.72. The van der Waals surface area contributed by atoms with Gasteiger partial charge in [0.05, 0.1) is 0 Å². The van der Waals surface area contributed by atoms with Gasteiger partial charge in [0.1, 0.15) is 18.3 Å². The lowest BCUT2D eigenvalue weighted by Crippen LogP contribution is -2.08. The van der Waals surface area contributed by atoms with Crippen molar-refractivity contribution in [2.45, 2.75) is 6.42 Å². The predicted octanol–water partition coefficient (Wildman–Crippen LogP) is 1.08. The summed E-state index contributed by atoms with van der Waals surface area (Å²) in [5.41, 5.74) is 0. The van der Waals surface area contributed by atoms with Gasteiger partial charge in [0.2, 0.25) is 5.82 Å². The maximum atomic E-state index is 11.1. The molecule has 0 saturated carbocycles. The van der Waals surface area contributed by atoms with Crippen molar-refractivity contribution in [2.75, 3.05) is 11.9 Å². The Labute approximate surface area is 110 Å². The smallest absolute Gasteiger partial charge is 0.362 e. The van der Waals surface area contributed by atoms with E-state index in [9.17, 15) is 10.1 Å². The number of aromatic nitrogens is 5. The second kappa shape index (κ2) is 4.65. The number of H-pyrrole nitrogens is 1. The highest BCUT2D eigenvalue weighted by Crippen LogP contribution is 2.27. The number of hydrogen-bond acceptors (Lipinski definition) is 7. The van der Waals surface area contributed by atoms with Crippen LogP contribution in [0.25, 0.3) is 4.96 Å². The lowest BCUT2D eigenvalue weighted by atomic mass is 10.4. The molecule has 98 valence electrons. The first-order chi connectivity index (χ1) is 9.25. The van der Waals surface area contributed by atoms with Gasteiger partial charge in [-0.2, -0.15) is 14.5 Å². The van der Waals surface area contributed by atoms with Gasteiger partial charge in [0.25, 0.3) is 4.96 Å². The first-order valence-corrected chi connectivity index (χ1v) is 6.31. The Morgan fingerprint density at radius 3 is 3.21 bits per heavy atom. The molecule has 3 rings (SSSR count). The zero-order valence-electron chi connectivity index (χ0n) is 9.61. The third-order valence-corrected chi connectivity index (χ3v) is 3.29. The highest BCUT2D eigenvalue weighted by atomic mass is 32.1. The van der Waals surface area contributed by atoms with Crippen LogP contribution in [-0.2, 0) is 6.42 Å². The molecule has 0 saturated heterocycles. The van der Waals surface area contributed by atoms with Crippen LogP contribution in [-0.4, -0.2) is 36.0 Å². The number of nitrogens with zero attached hydrogens (tertiary/aromatic N) is 5. The zero-order chi connectivity index (χ0) is 13.2. The normalized spacial score (nSPS) is 10.9. The number of hydrogen-bond donors (Lipinski definition) is 2. The summed E-state index contributed by atoms with van der Waals surface area (Å²) < 4.78 is 1.46. The molecule has 2 N–H and O–H groups in total. The summed E-state index contributed by atoms with van der Waals surface area (Å²) in [4.78, 5) is 19.4. The molecule has 0 amide bonds. The van der Waals surface area contributed by atoms with Gasteiger partial charge in [-0.25, -0.2) is 4.98 Å². The third kappa shape index (κ3) is 2.12. The summed E-state index contributed by atoms with van der Waals surface area (Å²) in [6.45, 7) is 0.487. The Morgan fingerprint density at radius 1 is 1.58 bits per heavy atom. The van der Waals surface area contributed by atoms with Crippen molar-refractivity contribution in [1.82, 2.24) is 24.6 Å². The SMILES string of the molecule is O=[N+]([O-])c1c(NCCc2ncn[nH]2)nc2sccn12.